The second kappa shape index (κ2) is 5.46. The lowest BCUT2D eigenvalue weighted by atomic mass is 10.2. The highest BCUT2D eigenvalue weighted by atomic mass is 16.5. The summed E-state index contributed by atoms with van der Waals surface area (Å²) in [5.41, 5.74) is 0.910. The molecule has 0 radical (unpaired) electrons. The molecule has 15 heavy (non-hydrogen) atoms. The minimum Gasteiger partial charge on any atom is -0.468 e. The van der Waals surface area contributed by atoms with Crippen LogP contribution in [0.25, 0.3) is 0 Å². The Bertz CT molecular complexity index is 314. The molecule has 1 heterocycles. The molecule has 82 valence electrons. The van der Waals surface area contributed by atoms with E-state index in [0.717, 1.165) is 5.69 Å². The number of methoxy groups -OCH3 is 1. The fraction of sp³-hybridized carbons (Fsp3) is 0.455. The number of esters is 1. The molecule has 0 aliphatic rings. The van der Waals surface area contributed by atoms with Crippen molar-refractivity contribution in [2.45, 2.75) is 25.9 Å². The van der Waals surface area contributed by atoms with Crippen LogP contribution in [0.3, 0.4) is 0 Å². The predicted molar refractivity (Wildman–Crippen MR) is 57.3 cm³/mol. The van der Waals surface area contributed by atoms with E-state index in [4.69, 9.17) is 0 Å². The van der Waals surface area contributed by atoms with Gasteiger partial charge in [0.05, 0.1) is 12.8 Å². The van der Waals surface area contributed by atoms with Gasteiger partial charge in [0.15, 0.2) is 0 Å². The molecular formula is C11H16N2O2. The number of carbonyl (C=O) groups is 1. The fourth-order valence-electron chi connectivity index (χ4n) is 1.34. The first-order chi connectivity index (χ1) is 7.15. The molecule has 4 heteroatoms. The van der Waals surface area contributed by atoms with E-state index < -0.39 is 0 Å². The first-order valence-electron chi connectivity index (χ1n) is 4.90. The van der Waals surface area contributed by atoms with E-state index in [1.807, 2.05) is 25.1 Å². The third-order valence-electron chi connectivity index (χ3n) is 2.19. The van der Waals surface area contributed by atoms with Crippen LogP contribution in [0.15, 0.2) is 24.4 Å². The summed E-state index contributed by atoms with van der Waals surface area (Å²) in [4.78, 5) is 15.4. The summed E-state index contributed by atoms with van der Waals surface area (Å²) in [6, 6.07) is 5.40. The molecule has 0 aliphatic carbocycles. The zero-order valence-electron chi connectivity index (χ0n) is 9.23. The second-order valence-corrected chi connectivity index (χ2v) is 3.39. The highest BCUT2D eigenvalue weighted by Gasteiger charge is 2.16. The Morgan fingerprint density at radius 3 is 2.73 bits per heavy atom. The van der Waals surface area contributed by atoms with Gasteiger partial charge >= 0.3 is 5.97 Å². The highest BCUT2D eigenvalue weighted by Crippen LogP contribution is 2.08. The van der Waals surface area contributed by atoms with Gasteiger partial charge in [-0.1, -0.05) is 6.07 Å². The van der Waals surface area contributed by atoms with Gasteiger partial charge in [-0.25, -0.2) is 0 Å². The van der Waals surface area contributed by atoms with Gasteiger partial charge in [-0.3, -0.25) is 15.1 Å². The van der Waals surface area contributed by atoms with Crippen molar-refractivity contribution < 1.29 is 9.53 Å². The quantitative estimate of drug-likeness (QED) is 0.758. The number of hydrogen-bond donors (Lipinski definition) is 1. The third kappa shape index (κ3) is 3.32. The number of pyridine rings is 1. The maximum atomic E-state index is 11.2. The van der Waals surface area contributed by atoms with Crippen molar-refractivity contribution in [1.82, 2.24) is 10.3 Å². The van der Waals surface area contributed by atoms with Crippen LogP contribution >= 0.6 is 0 Å². The van der Waals surface area contributed by atoms with E-state index in [-0.39, 0.29) is 18.1 Å². The van der Waals surface area contributed by atoms with Gasteiger partial charge in [0.2, 0.25) is 0 Å². The smallest absolute Gasteiger partial charge is 0.322 e. The molecule has 1 N–H and O–H groups in total. The number of ether oxygens (including phenoxy) is 1. The summed E-state index contributed by atoms with van der Waals surface area (Å²) in [5, 5.41) is 3.11. The predicted octanol–water partition coefficient (Wildman–Crippen LogP) is 1.29. The first-order valence-corrected chi connectivity index (χ1v) is 4.90. The number of carbonyl (C=O) groups excluding carboxylic acids is 1. The second-order valence-electron chi connectivity index (χ2n) is 3.39. The van der Waals surface area contributed by atoms with Gasteiger partial charge in [0, 0.05) is 12.2 Å². The molecule has 0 spiro atoms. The molecule has 1 rings (SSSR count). The van der Waals surface area contributed by atoms with Crippen molar-refractivity contribution in [1.29, 1.82) is 0 Å². The van der Waals surface area contributed by atoms with E-state index in [2.05, 4.69) is 15.0 Å². The molecule has 2 atom stereocenters. The summed E-state index contributed by atoms with van der Waals surface area (Å²) in [5.74, 6) is -0.266. The number of hydrogen-bond acceptors (Lipinski definition) is 4. The molecule has 0 aromatic carbocycles. The molecule has 1 unspecified atom stereocenters. The van der Waals surface area contributed by atoms with Gasteiger partial charge in [-0.15, -0.1) is 0 Å². The summed E-state index contributed by atoms with van der Waals surface area (Å²) in [6.45, 7) is 3.73. The van der Waals surface area contributed by atoms with Crippen LogP contribution < -0.4 is 5.32 Å². The molecule has 4 nitrogen and oxygen atoms in total. The zero-order chi connectivity index (χ0) is 11.3. The zero-order valence-corrected chi connectivity index (χ0v) is 9.23. The molecule has 0 amide bonds. The van der Waals surface area contributed by atoms with Crippen molar-refractivity contribution in [2.75, 3.05) is 7.11 Å². The molecular weight excluding hydrogens is 192 g/mol. The molecule has 0 saturated heterocycles. The van der Waals surface area contributed by atoms with E-state index in [1.54, 1.807) is 13.1 Å². The van der Waals surface area contributed by atoms with Crippen molar-refractivity contribution >= 4 is 5.97 Å². The van der Waals surface area contributed by atoms with E-state index in [1.165, 1.54) is 7.11 Å². The van der Waals surface area contributed by atoms with Crippen LogP contribution in [0, 0.1) is 0 Å². The maximum Gasteiger partial charge on any atom is 0.322 e. The Labute approximate surface area is 89.7 Å². The lowest BCUT2D eigenvalue weighted by Gasteiger charge is -2.17. The lowest BCUT2D eigenvalue weighted by Crippen LogP contribution is -2.36. The molecule has 1 aromatic rings. The lowest BCUT2D eigenvalue weighted by molar-refractivity contribution is -0.142. The largest absolute Gasteiger partial charge is 0.468 e. The maximum absolute atomic E-state index is 11.2. The normalized spacial score (nSPS) is 14.3. The van der Waals surface area contributed by atoms with Crippen LogP contribution in [-0.2, 0) is 9.53 Å². The Kier molecular flexibility index (Phi) is 4.24. The molecule has 0 fully saturated rings. The highest BCUT2D eigenvalue weighted by molar-refractivity contribution is 5.75. The Balaban J connectivity index is 2.56. The van der Waals surface area contributed by atoms with Crippen LogP contribution in [0.2, 0.25) is 0 Å². The average molecular weight is 208 g/mol. The van der Waals surface area contributed by atoms with Crippen molar-refractivity contribution in [3.8, 4) is 0 Å². The Hall–Kier alpha value is -1.42. The summed E-state index contributed by atoms with van der Waals surface area (Å²) >= 11 is 0. The van der Waals surface area contributed by atoms with Crippen LogP contribution in [-0.4, -0.2) is 24.1 Å². The van der Waals surface area contributed by atoms with Crippen LogP contribution in [0.4, 0.5) is 0 Å². The van der Waals surface area contributed by atoms with Gasteiger partial charge in [-0.05, 0) is 26.0 Å². The third-order valence-corrected chi connectivity index (χ3v) is 2.19. The topological polar surface area (TPSA) is 51.2 Å². The van der Waals surface area contributed by atoms with E-state index in [9.17, 15) is 4.79 Å². The summed E-state index contributed by atoms with van der Waals surface area (Å²) in [6.07, 6.45) is 1.73. The van der Waals surface area contributed by atoms with Gasteiger partial charge in [0.1, 0.15) is 6.04 Å². The number of aromatic nitrogens is 1. The summed E-state index contributed by atoms with van der Waals surface area (Å²) < 4.78 is 4.63. The van der Waals surface area contributed by atoms with Crippen molar-refractivity contribution in [2.24, 2.45) is 0 Å². The van der Waals surface area contributed by atoms with E-state index in [0.29, 0.717) is 0 Å². The minimum absolute atomic E-state index is 0.0281. The number of nitrogens with one attached hydrogen (secondary N) is 1. The SMILES string of the molecule is COC(=O)C(C)N[C@H](C)c1ccccn1. The molecule has 0 bridgehead atoms. The fourth-order valence-corrected chi connectivity index (χ4v) is 1.34. The summed E-state index contributed by atoms with van der Waals surface area (Å²) in [7, 11) is 1.38. The minimum atomic E-state index is -0.327. The molecule has 1 aromatic heterocycles. The van der Waals surface area contributed by atoms with Gasteiger partial charge in [0.25, 0.3) is 0 Å². The monoisotopic (exact) mass is 208 g/mol. The van der Waals surface area contributed by atoms with Crippen LogP contribution in [0.1, 0.15) is 25.6 Å². The van der Waals surface area contributed by atoms with Gasteiger partial charge in [-0.2, -0.15) is 0 Å². The van der Waals surface area contributed by atoms with E-state index >= 15 is 0 Å². The number of nitrogens with zero attached hydrogens (tertiary/aromatic N) is 1. The standard InChI is InChI=1S/C11H16N2O2/c1-8(10-6-4-5-7-12-10)13-9(2)11(14)15-3/h4-9,13H,1-3H3/t8-,9?/m1/s1. The van der Waals surface area contributed by atoms with Crippen molar-refractivity contribution in [3.05, 3.63) is 30.1 Å². The van der Waals surface area contributed by atoms with Crippen molar-refractivity contribution in [3.63, 3.8) is 0 Å². The molecule has 0 saturated carbocycles. The number of rotatable bonds is 4. The average Bonchev–Trinajstić information content (AvgIpc) is 2.29. The Morgan fingerprint density at radius 2 is 2.20 bits per heavy atom. The molecule has 0 aliphatic heterocycles. The first kappa shape index (κ1) is 11.7. The van der Waals surface area contributed by atoms with Crippen LogP contribution in [0.5, 0.6) is 0 Å². The Morgan fingerprint density at radius 1 is 1.47 bits per heavy atom. The van der Waals surface area contributed by atoms with Gasteiger partial charge < -0.3 is 4.74 Å².